The van der Waals surface area contributed by atoms with Crippen LogP contribution in [0.5, 0.6) is 11.8 Å². The third-order valence-electron chi connectivity index (χ3n) is 13.4. The number of ether oxygens (including phenoxy) is 5. The first-order valence-electron chi connectivity index (χ1n) is 29.0. The Bertz CT molecular complexity index is 4710. The van der Waals surface area contributed by atoms with E-state index in [1.807, 2.05) is 41.6 Å². The van der Waals surface area contributed by atoms with Crippen LogP contribution in [0.2, 0.25) is 10.0 Å². The third-order valence-corrected chi connectivity index (χ3v) is 17.5. The van der Waals surface area contributed by atoms with E-state index < -0.39 is 99.7 Å². The van der Waals surface area contributed by atoms with Crippen molar-refractivity contribution in [2.75, 3.05) is 39.0 Å². The topological polar surface area (TPSA) is 355 Å². The first-order chi connectivity index (χ1) is 46.8. The van der Waals surface area contributed by atoms with Gasteiger partial charge in [-0.15, -0.1) is 16.7 Å². The molecular formula is C61H62Cl3F6IN11NaO16S2. The van der Waals surface area contributed by atoms with Crippen molar-refractivity contribution in [3.8, 4) is 17.4 Å². The van der Waals surface area contributed by atoms with Gasteiger partial charge in [-0.2, -0.15) is 36.6 Å². The summed E-state index contributed by atoms with van der Waals surface area (Å²) < 4.78 is 158. The number of nitrogens with zero attached hydrogens (tertiary/aromatic N) is 9. The molecule has 540 valence electrons. The average molecular weight is 1640 g/mol. The van der Waals surface area contributed by atoms with E-state index in [-0.39, 0.29) is 123 Å². The number of nitrogens with one attached hydrogen (secondary N) is 2. The number of alkyl halides is 6. The number of aryl methyl sites for hydroxylation is 4. The number of unbranched alkanes of at least 4 members (excludes halogenated alkanes) is 2. The number of amides is 2. The Morgan fingerprint density at radius 1 is 0.871 bits per heavy atom. The zero-order chi connectivity index (χ0) is 74.9. The molecule has 2 amide bonds. The van der Waals surface area contributed by atoms with Crippen molar-refractivity contribution >= 4 is 124 Å². The van der Waals surface area contributed by atoms with E-state index in [1.54, 1.807) is 25.3 Å². The van der Waals surface area contributed by atoms with Gasteiger partial charge < -0.3 is 33.7 Å². The van der Waals surface area contributed by atoms with Gasteiger partial charge in [-0.1, -0.05) is 43.0 Å². The Labute approximate surface area is 623 Å². The maximum Gasteiger partial charge on any atom is 1.00 e. The van der Waals surface area contributed by atoms with Crippen LogP contribution >= 0.6 is 57.4 Å². The Morgan fingerprint density at radius 3 is 2.13 bits per heavy atom. The van der Waals surface area contributed by atoms with Gasteiger partial charge in [0.1, 0.15) is 39.5 Å². The first kappa shape index (κ1) is 85.7. The number of hydrogen-bond acceptors (Lipinski definition) is 21. The van der Waals surface area contributed by atoms with Gasteiger partial charge in [0.25, 0.3) is 5.56 Å². The minimum Gasteiger partial charge on any atom is -0.480 e. The summed E-state index contributed by atoms with van der Waals surface area (Å²) in [5.41, 5.74) is -3.47. The number of pyridine rings is 1. The molecule has 0 aliphatic carbocycles. The van der Waals surface area contributed by atoms with Crippen LogP contribution in [0.15, 0.2) is 98.4 Å². The van der Waals surface area contributed by atoms with Crippen molar-refractivity contribution in [2.24, 2.45) is 7.05 Å². The van der Waals surface area contributed by atoms with Crippen LogP contribution in [-0.2, 0) is 63.3 Å². The van der Waals surface area contributed by atoms with Crippen LogP contribution in [0, 0.1) is 30.2 Å². The molecule has 0 aliphatic heterocycles. The molecule has 0 spiro atoms. The van der Waals surface area contributed by atoms with E-state index in [4.69, 9.17) is 53.8 Å². The smallest absolute Gasteiger partial charge is 0.480 e. The fourth-order valence-electron chi connectivity index (χ4n) is 8.78. The second kappa shape index (κ2) is 38.0. The molecule has 0 bridgehead atoms. The molecule has 4 aromatic carbocycles. The molecular weight excluding hydrogens is 1580 g/mol. The number of carbonyl (C=O) groups excluding carboxylic acids is 5. The molecule has 0 saturated carbocycles. The van der Waals surface area contributed by atoms with E-state index in [0.29, 0.717) is 42.9 Å². The Balaban J connectivity index is 0.000000285. The summed E-state index contributed by atoms with van der Waals surface area (Å²) in [6, 6.07) is 13.6. The normalized spacial score (nSPS) is 11.8. The number of ketones is 1. The monoisotopic (exact) mass is 1640 g/mol. The van der Waals surface area contributed by atoms with Crippen molar-refractivity contribution in [3.05, 3.63) is 169 Å². The van der Waals surface area contributed by atoms with Crippen LogP contribution < -0.4 is 55.6 Å². The Kier molecular flexibility index (Phi) is 32.2. The number of aromatic nitrogens is 9. The Morgan fingerprint density at radius 2 is 1.54 bits per heavy atom. The van der Waals surface area contributed by atoms with E-state index in [0.717, 1.165) is 61.1 Å². The van der Waals surface area contributed by atoms with Crippen LogP contribution in [0.1, 0.15) is 108 Å². The largest absolute Gasteiger partial charge is 1.00 e. The molecule has 101 heavy (non-hydrogen) atoms. The maximum absolute atomic E-state index is 14.2. The number of methoxy groups -OCH3 is 2. The molecule has 27 nitrogen and oxygen atoms in total. The maximum atomic E-state index is 14.2. The summed E-state index contributed by atoms with van der Waals surface area (Å²) in [4.78, 5) is 98.4. The van der Waals surface area contributed by atoms with Gasteiger partial charge >= 0.3 is 71.9 Å². The van der Waals surface area contributed by atoms with Gasteiger partial charge in [-0.05, 0) is 148 Å². The van der Waals surface area contributed by atoms with Crippen LogP contribution in [0.4, 0.5) is 37.1 Å². The number of aromatic amines is 1. The summed E-state index contributed by atoms with van der Waals surface area (Å²) >= 11 is 19.9. The number of esters is 3. The number of rotatable bonds is 22. The fraction of sp³-hybridized carbons (Fsp3) is 0.344. The molecule has 0 aliphatic rings. The number of sulfone groups is 1. The molecule has 4 aromatic heterocycles. The molecule has 2 unspecified atom stereocenters. The number of sulfonamides is 1. The van der Waals surface area contributed by atoms with Gasteiger partial charge in [-0.3, -0.25) is 33.9 Å². The number of fused-ring (bicyclic) bond motifs is 1. The predicted octanol–water partition coefficient (Wildman–Crippen LogP) is 8.58. The summed E-state index contributed by atoms with van der Waals surface area (Å²) in [7, 11) is -4.85. The van der Waals surface area contributed by atoms with E-state index in [9.17, 15) is 76.7 Å². The number of hydrogen-bond donors (Lipinski definition) is 2. The van der Waals surface area contributed by atoms with Crippen molar-refractivity contribution in [2.45, 2.75) is 108 Å². The fourth-order valence-corrected chi connectivity index (χ4v) is 12.1. The van der Waals surface area contributed by atoms with Crippen molar-refractivity contribution in [3.63, 3.8) is 0 Å². The zero-order valence-corrected chi connectivity index (χ0v) is 63.4. The third kappa shape index (κ3) is 23.7. The van der Waals surface area contributed by atoms with Crippen LogP contribution in [0.3, 0.4) is 0 Å². The summed E-state index contributed by atoms with van der Waals surface area (Å²) in [6.45, 7) is 6.69. The van der Waals surface area contributed by atoms with Crippen LogP contribution in [-0.4, -0.2) is 136 Å². The van der Waals surface area contributed by atoms with Crippen molar-refractivity contribution < 1.29 is 120 Å². The number of urea groups is 1. The molecule has 0 fully saturated rings. The van der Waals surface area contributed by atoms with E-state index in [1.165, 1.54) is 53.1 Å². The van der Waals surface area contributed by atoms with E-state index >= 15 is 0 Å². The minimum atomic E-state index is -4.76. The zero-order valence-electron chi connectivity index (χ0n) is 55.3. The first-order valence-corrected chi connectivity index (χ1v) is 34.6. The number of anilines is 1. The van der Waals surface area contributed by atoms with Crippen LogP contribution in [0.25, 0.3) is 21.3 Å². The van der Waals surface area contributed by atoms with Gasteiger partial charge in [0, 0.05) is 51.2 Å². The average Bonchev–Trinajstić information content (AvgIpc) is 1.77. The van der Waals surface area contributed by atoms with E-state index in [2.05, 4.69) is 51.8 Å². The molecule has 8 aromatic rings. The number of carbonyl (C=O) groups is 5. The number of benzene rings is 4. The molecule has 4 heterocycles. The molecule has 8 rings (SSSR count). The number of H-pyrrole nitrogens is 1. The van der Waals surface area contributed by atoms with Gasteiger partial charge in [0.05, 0.1) is 52.9 Å². The Hall–Kier alpha value is -7.72. The molecule has 40 heteroatoms. The summed E-state index contributed by atoms with van der Waals surface area (Å²) in [5.74, 6) is -3.59. The van der Waals surface area contributed by atoms with Crippen molar-refractivity contribution in [1.82, 2.24) is 44.1 Å². The predicted molar refractivity (Wildman–Crippen MR) is 361 cm³/mol. The molecule has 2 atom stereocenters. The molecule has 0 radical (unpaired) electrons. The van der Waals surface area contributed by atoms with Crippen molar-refractivity contribution in [1.29, 1.82) is 0 Å². The SMILES string of the molecule is CCCCCC(C)OC(=O)COc1ccc(Cl)c2cccnc12.CCOC(=O)C(Cl)Cc1cc(-n2nc(C)n(C(F)F)c2=O)c(F)cc1Cl.COC(=O)c1ccc(I)cc1S(=O)(=O)[N-]C(=O)Nc1nc(C)nc(OC)n1.Cc1[nH]n(C)c(=O)c1C(=O)c1ccc(C(F)(F)F)cc1S(C)(=O)=O.[Na+]. The molecule has 0 saturated heterocycles. The summed E-state index contributed by atoms with van der Waals surface area (Å²) in [5, 5.41) is 8.61. The summed E-state index contributed by atoms with van der Waals surface area (Å²) in [6.07, 6.45) is 1.65. The molecule has 2 N–H and O–H groups in total. The standard InChI is InChI=1S/C18H22ClNO3.C15H14Cl2F3N3O3.C14H13F3N2O4S.C14H14IN5O6S.Na/c1-3-4-5-7-13(2)23-17(21)12-22-16-10-9-15(19)14-8-6-11-20-18(14)16;1-3-26-13(24)10(17)4-8-5-12(11(18)6-9(8)16)23-15(25)22(14(19)20)7(2)21-23;1-7-11(13(21)19(2)18-7)12(20)9-5-4-8(14(15,16)17)6-10(9)24(3,22)23;1-7-16-12(19-14(17-7)26-3)18-13(22)20-27(23,24)10-6-8(15)4-5-9(10)11(21)25-2;/h6,8-11,13H,3-5,7,12H2,1-2H3;5-6,10,14H,3-4H2,1-2H3;4-6,18H,1-3H3;4-6H,1-3H3,(H2,16,17,18,19,20,22);/q;;;;+1/p-1. The minimum absolute atomic E-state index is 0. The quantitative estimate of drug-likeness (QED) is 0.00937. The second-order valence-electron chi connectivity index (χ2n) is 20.8. The second-order valence-corrected chi connectivity index (χ2v) is 27.0. The van der Waals surface area contributed by atoms with Gasteiger partial charge in [-0.25, -0.2) is 45.2 Å². The van der Waals surface area contributed by atoms with Gasteiger partial charge in [0.15, 0.2) is 34.2 Å². The number of halogens is 10. The van der Waals surface area contributed by atoms with Gasteiger partial charge in [0.2, 0.25) is 15.8 Å².